The van der Waals surface area contributed by atoms with Gasteiger partial charge in [0, 0.05) is 12.9 Å². The molecule has 2 atom stereocenters. The van der Waals surface area contributed by atoms with E-state index in [1.165, 1.54) is 7.11 Å². The average Bonchev–Trinajstić information content (AvgIpc) is 2.58. The van der Waals surface area contributed by atoms with Crippen LogP contribution in [0.2, 0.25) is 0 Å². The maximum Gasteiger partial charge on any atom is 0.373 e. The number of amides is 2. The molecule has 2 amide bonds. The Kier molecular flexibility index (Phi) is 6.11. The maximum absolute atomic E-state index is 13.0. The number of ether oxygens (including phenoxy) is 1. The normalized spacial score (nSPS) is 23.0. The monoisotopic (exact) mass is 432 g/mol. The Morgan fingerprint density at radius 1 is 1.44 bits per heavy atom. The van der Waals surface area contributed by atoms with E-state index in [1.807, 2.05) is 5.32 Å². The quantitative estimate of drug-likeness (QED) is 0.484. The second kappa shape index (κ2) is 7.67. The minimum atomic E-state index is -5.40. The van der Waals surface area contributed by atoms with Crippen molar-refractivity contribution in [3.05, 3.63) is 11.3 Å². The third-order valence-electron chi connectivity index (χ3n) is 3.82. The zero-order chi connectivity index (χ0) is 20.6. The van der Waals surface area contributed by atoms with Crippen LogP contribution in [0.15, 0.2) is 11.3 Å². The van der Waals surface area contributed by atoms with E-state index in [2.05, 4.69) is 0 Å². The lowest BCUT2D eigenvalue weighted by molar-refractivity contribution is -0.150. The van der Waals surface area contributed by atoms with Crippen LogP contribution in [-0.4, -0.2) is 84.8 Å². The first kappa shape index (κ1) is 21.5. The SMILES string of the molecule is COCC1=C(C(=O)O)N2C(=O)C(NC(=O)CS(=O)(=O)C(F)(F)CF)[C@H]2SC1. The third-order valence-corrected chi connectivity index (χ3v) is 6.82. The molecule has 2 aliphatic heterocycles. The van der Waals surface area contributed by atoms with Crippen molar-refractivity contribution in [1.82, 2.24) is 10.2 Å². The van der Waals surface area contributed by atoms with Crippen LogP contribution in [-0.2, 0) is 29.0 Å². The number of nitrogens with zero attached hydrogens (tertiary/aromatic N) is 1. The molecule has 0 spiro atoms. The molecule has 2 N–H and O–H groups in total. The summed E-state index contributed by atoms with van der Waals surface area (Å²) in [7, 11) is -4.05. The summed E-state index contributed by atoms with van der Waals surface area (Å²) in [5.74, 6) is -5.15. The van der Waals surface area contributed by atoms with Gasteiger partial charge in [-0.1, -0.05) is 0 Å². The number of methoxy groups -OCH3 is 1. The lowest BCUT2D eigenvalue weighted by atomic mass is 10.0. The van der Waals surface area contributed by atoms with Gasteiger partial charge in [-0.3, -0.25) is 14.5 Å². The van der Waals surface area contributed by atoms with E-state index in [0.717, 1.165) is 16.7 Å². The molecule has 1 unspecified atom stereocenters. The van der Waals surface area contributed by atoms with Crippen LogP contribution >= 0.6 is 11.8 Å². The molecule has 0 aromatic carbocycles. The highest BCUT2D eigenvalue weighted by Gasteiger charge is 2.55. The highest BCUT2D eigenvalue weighted by molar-refractivity contribution is 8.00. The minimum absolute atomic E-state index is 0.0291. The summed E-state index contributed by atoms with van der Waals surface area (Å²) in [6.07, 6.45) is 0. The molecule has 1 saturated heterocycles. The number of carboxylic acid groups (broad SMARTS) is 1. The van der Waals surface area contributed by atoms with E-state index in [1.54, 1.807) is 0 Å². The van der Waals surface area contributed by atoms with Gasteiger partial charge in [0.2, 0.25) is 15.7 Å². The van der Waals surface area contributed by atoms with Crippen LogP contribution in [0.25, 0.3) is 0 Å². The van der Waals surface area contributed by atoms with E-state index in [-0.39, 0.29) is 18.1 Å². The number of sulfone groups is 1. The summed E-state index contributed by atoms with van der Waals surface area (Å²) in [6, 6.07) is -1.28. The van der Waals surface area contributed by atoms with Crippen LogP contribution < -0.4 is 5.32 Å². The molecular weight excluding hydrogens is 417 g/mol. The van der Waals surface area contributed by atoms with Gasteiger partial charge in [-0.25, -0.2) is 17.6 Å². The third kappa shape index (κ3) is 3.91. The van der Waals surface area contributed by atoms with E-state index < -0.39 is 56.7 Å². The molecule has 0 bridgehead atoms. The maximum atomic E-state index is 13.0. The van der Waals surface area contributed by atoms with Crippen molar-refractivity contribution in [1.29, 1.82) is 0 Å². The predicted molar refractivity (Wildman–Crippen MR) is 86.3 cm³/mol. The van der Waals surface area contributed by atoms with Crippen LogP contribution in [0, 0.1) is 0 Å². The van der Waals surface area contributed by atoms with Gasteiger partial charge in [0.05, 0.1) is 6.61 Å². The lowest BCUT2D eigenvalue weighted by Crippen LogP contribution is -2.71. The van der Waals surface area contributed by atoms with Crippen LogP contribution in [0.1, 0.15) is 0 Å². The Labute approximate surface area is 155 Å². The minimum Gasteiger partial charge on any atom is -0.477 e. The van der Waals surface area contributed by atoms with Gasteiger partial charge in [0.25, 0.3) is 5.91 Å². The molecule has 9 nitrogen and oxygen atoms in total. The number of fused-ring (bicyclic) bond motifs is 1. The van der Waals surface area contributed by atoms with Gasteiger partial charge < -0.3 is 15.2 Å². The first-order chi connectivity index (χ1) is 12.5. The van der Waals surface area contributed by atoms with Crippen molar-refractivity contribution in [3.63, 3.8) is 0 Å². The molecular formula is C13H15F3N2O7S2. The fourth-order valence-corrected chi connectivity index (χ4v) is 4.68. The number of hydrogen-bond donors (Lipinski definition) is 2. The van der Waals surface area contributed by atoms with E-state index in [4.69, 9.17) is 4.74 Å². The number of nitrogens with one attached hydrogen (secondary N) is 1. The van der Waals surface area contributed by atoms with Gasteiger partial charge in [0.15, 0.2) is 6.67 Å². The smallest absolute Gasteiger partial charge is 0.373 e. The summed E-state index contributed by atoms with van der Waals surface area (Å²) in [5, 5.41) is 5.75. The van der Waals surface area contributed by atoms with Crippen LogP contribution in [0.5, 0.6) is 0 Å². The fraction of sp³-hybridized carbons (Fsp3) is 0.615. The van der Waals surface area contributed by atoms with Gasteiger partial charge in [-0.15, -0.1) is 11.8 Å². The average molecular weight is 432 g/mol. The van der Waals surface area contributed by atoms with Crippen molar-refractivity contribution in [3.8, 4) is 0 Å². The zero-order valence-electron chi connectivity index (χ0n) is 13.8. The topological polar surface area (TPSA) is 130 Å². The molecule has 27 heavy (non-hydrogen) atoms. The van der Waals surface area contributed by atoms with Crippen molar-refractivity contribution < 1.29 is 45.8 Å². The molecule has 0 radical (unpaired) electrons. The van der Waals surface area contributed by atoms with Gasteiger partial charge in [-0.2, -0.15) is 8.78 Å². The van der Waals surface area contributed by atoms with Crippen LogP contribution in [0.3, 0.4) is 0 Å². The Balaban J connectivity index is 2.11. The second-order valence-corrected chi connectivity index (χ2v) is 8.90. The van der Waals surface area contributed by atoms with Gasteiger partial charge in [-0.05, 0) is 5.57 Å². The molecule has 0 saturated carbocycles. The molecule has 152 valence electrons. The summed E-state index contributed by atoms with van der Waals surface area (Å²) in [4.78, 5) is 36.3. The number of carbonyl (C=O) groups is 3. The summed E-state index contributed by atoms with van der Waals surface area (Å²) < 4.78 is 65.8. The Morgan fingerprint density at radius 3 is 2.59 bits per heavy atom. The van der Waals surface area contributed by atoms with Crippen molar-refractivity contribution in [2.75, 3.05) is 31.9 Å². The van der Waals surface area contributed by atoms with E-state index >= 15 is 0 Å². The number of β-lactam (4-membered cyclic amide) rings is 1. The summed E-state index contributed by atoms with van der Waals surface area (Å²) in [5.41, 5.74) is 0.0437. The second-order valence-electron chi connectivity index (χ2n) is 5.68. The standard InChI is InChI=1S/C13H15F3N2O7S2/c1-25-2-6-3-26-11-8(10(20)18(11)9(6)12(21)22)17-7(19)4-27(23,24)13(15,16)5-14/h8,11H,2-5H2,1H3,(H,17,19)(H,21,22)/t8?,11-/m1/s1. The van der Waals surface area contributed by atoms with Crippen molar-refractivity contribution in [2.24, 2.45) is 0 Å². The van der Waals surface area contributed by atoms with Crippen molar-refractivity contribution >= 4 is 39.4 Å². The first-order valence-electron chi connectivity index (χ1n) is 7.31. The van der Waals surface area contributed by atoms with Crippen LogP contribution in [0.4, 0.5) is 13.2 Å². The van der Waals surface area contributed by atoms with Gasteiger partial charge >= 0.3 is 11.2 Å². The number of rotatable bonds is 8. The molecule has 0 aromatic rings. The number of aliphatic carboxylic acids is 1. The van der Waals surface area contributed by atoms with E-state index in [0.29, 0.717) is 5.57 Å². The lowest BCUT2D eigenvalue weighted by Gasteiger charge is -2.49. The number of carbonyl (C=O) groups excluding carboxylic acids is 2. The largest absolute Gasteiger partial charge is 0.477 e. The molecule has 2 aliphatic rings. The molecule has 0 aromatic heterocycles. The Morgan fingerprint density at radius 2 is 2.07 bits per heavy atom. The number of carboxylic acids is 1. The first-order valence-corrected chi connectivity index (χ1v) is 10.0. The molecule has 2 rings (SSSR count). The molecule has 0 aliphatic carbocycles. The Bertz CT molecular complexity index is 800. The number of alkyl halides is 3. The molecule has 14 heteroatoms. The van der Waals surface area contributed by atoms with Gasteiger partial charge in [0.1, 0.15) is 22.9 Å². The number of halogens is 3. The highest BCUT2D eigenvalue weighted by Crippen LogP contribution is 2.40. The molecule has 1 fully saturated rings. The summed E-state index contributed by atoms with van der Waals surface area (Å²) >= 11 is 1.10. The number of hydrogen-bond acceptors (Lipinski definition) is 7. The molecule has 2 heterocycles. The fourth-order valence-electron chi connectivity index (χ4n) is 2.54. The summed E-state index contributed by atoms with van der Waals surface area (Å²) in [6.45, 7) is -2.51. The van der Waals surface area contributed by atoms with E-state index in [9.17, 15) is 41.1 Å². The highest BCUT2D eigenvalue weighted by atomic mass is 32.2. The number of thioether (sulfide) groups is 1. The van der Waals surface area contributed by atoms with Crippen molar-refractivity contribution in [2.45, 2.75) is 16.7 Å². The Hall–Kier alpha value is -1.80. The zero-order valence-corrected chi connectivity index (χ0v) is 15.4. The predicted octanol–water partition coefficient (Wildman–Crippen LogP) is -0.651.